The fourth-order valence-corrected chi connectivity index (χ4v) is 3.11. The molecule has 0 spiro atoms. The maximum absolute atomic E-state index is 12.9. The Hall–Kier alpha value is -2.07. The summed E-state index contributed by atoms with van der Waals surface area (Å²) < 4.78 is 25.8. The molecule has 3 heterocycles. The van der Waals surface area contributed by atoms with Crippen molar-refractivity contribution in [3.63, 3.8) is 0 Å². The second kappa shape index (κ2) is 13.4. The fourth-order valence-electron chi connectivity index (χ4n) is 3.11. The first kappa shape index (κ1) is 28.9. The number of nitrogens with one attached hydrogen (secondary N) is 3. The van der Waals surface area contributed by atoms with Gasteiger partial charge in [-0.3, -0.25) is 19.6 Å². The molecule has 3 rings (SSSR count). The van der Waals surface area contributed by atoms with E-state index in [2.05, 4.69) is 25.9 Å². The first-order valence-corrected chi connectivity index (χ1v) is 8.93. The van der Waals surface area contributed by atoms with Crippen molar-refractivity contribution >= 4 is 49.0 Å². The molecular weight excluding hydrogens is 475 g/mol. The molecule has 0 aliphatic carbocycles. The van der Waals surface area contributed by atoms with Gasteiger partial charge in [0.1, 0.15) is 11.6 Å². The molecule has 2 aromatic heterocycles. The van der Waals surface area contributed by atoms with Gasteiger partial charge in [0.15, 0.2) is 0 Å². The molecule has 2 aromatic rings. The Balaban J connectivity index is 0.00000300. The van der Waals surface area contributed by atoms with Gasteiger partial charge in [-0.1, -0.05) is 0 Å². The van der Waals surface area contributed by atoms with E-state index in [4.69, 9.17) is 0 Å². The van der Waals surface area contributed by atoms with Crippen molar-refractivity contribution in [3.05, 3.63) is 59.7 Å². The molecule has 3 N–H and O–H groups in total. The predicted molar refractivity (Wildman–Crippen MR) is 118 cm³/mol. The van der Waals surface area contributed by atoms with Gasteiger partial charge in [-0.05, 0) is 37.2 Å². The number of carbonyl (C=O) groups excluding carboxylic acids is 2. The van der Waals surface area contributed by atoms with E-state index >= 15 is 0 Å². The topological polar surface area (TPSA) is 96.0 Å². The number of hydrogen-bond donors (Lipinski definition) is 3. The highest BCUT2D eigenvalue weighted by atomic mass is 35.5. The van der Waals surface area contributed by atoms with Crippen molar-refractivity contribution in [1.82, 2.24) is 25.9 Å². The van der Waals surface area contributed by atoms with Gasteiger partial charge in [0.2, 0.25) is 11.8 Å². The van der Waals surface area contributed by atoms with E-state index in [1.807, 2.05) is 0 Å². The Kier molecular flexibility index (Phi) is 12.5. The van der Waals surface area contributed by atoms with E-state index in [0.717, 1.165) is 12.4 Å². The number of pyridine rings is 2. The number of hydrogen-bond acceptors (Lipinski definition) is 5. The normalized spacial score (nSPS) is 16.8. The van der Waals surface area contributed by atoms with Crippen LogP contribution in [0, 0.1) is 17.0 Å². The van der Waals surface area contributed by atoms with Crippen LogP contribution in [0.1, 0.15) is 24.2 Å². The molecule has 1 unspecified atom stereocenters. The van der Waals surface area contributed by atoms with Crippen molar-refractivity contribution in [2.24, 2.45) is 5.41 Å². The van der Waals surface area contributed by atoms with Crippen LogP contribution >= 0.6 is 37.2 Å². The van der Waals surface area contributed by atoms with Crippen LogP contribution in [-0.2, 0) is 22.7 Å². The van der Waals surface area contributed by atoms with E-state index in [0.29, 0.717) is 30.9 Å². The first-order chi connectivity index (χ1) is 13.5. The van der Waals surface area contributed by atoms with Crippen LogP contribution in [0.15, 0.2) is 36.7 Å². The van der Waals surface area contributed by atoms with E-state index in [-0.39, 0.29) is 68.5 Å². The molecule has 0 saturated carbocycles. The van der Waals surface area contributed by atoms with Crippen LogP contribution in [0.4, 0.5) is 8.78 Å². The van der Waals surface area contributed by atoms with Crippen molar-refractivity contribution < 1.29 is 18.4 Å². The molecule has 2 amide bonds. The summed E-state index contributed by atoms with van der Waals surface area (Å²) in [5.74, 6) is -1.43. The van der Waals surface area contributed by atoms with Gasteiger partial charge in [-0.2, -0.15) is 0 Å². The lowest BCUT2D eigenvalue weighted by atomic mass is 9.82. The summed E-state index contributed by atoms with van der Waals surface area (Å²) >= 11 is 0. The summed E-state index contributed by atoms with van der Waals surface area (Å²) in [5, 5.41) is 8.63. The molecular formula is C19H24Cl3F2N5O2. The van der Waals surface area contributed by atoms with Gasteiger partial charge in [0.25, 0.3) is 0 Å². The Morgan fingerprint density at radius 1 is 0.935 bits per heavy atom. The molecule has 0 radical (unpaired) electrons. The lowest BCUT2D eigenvalue weighted by molar-refractivity contribution is -0.135. The minimum atomic E-state index is -0.861. The van der Waals surface area contributed by atoms with Crippen molar-refractivity contribution in [2.45, 2.75) is 25.9 Å². The first-order valence-electron chi connectivity index (χ1n) is 8.93. The lowest BCUT2D eigenvalue weighted by Gasteiger charge is -2.26. The molecule has 0 bridgehead atoms. The standard InChI is InChI=1S/C19H21F2N5O2.3ClH/c20-13-1-3-15(23-8-13)10-25-17(27)7-19(5-6-22-12-19)18(28)26-11-16-4-2-14(21)9-24-16;;;/h1-4,8-9,22H,5-7,10-12H2,(H,25,27)(H,26,28);3*1H. The molecule has 1 atom stereocenters. The zero-order valence-corrected chi connectivity index (χ0v) is 18.8. The molecule has 7 nitrogen and oxygen atoms in total. The Labute approximate surface area is 197 Å². The minimum absolute atomic E-state index is 0. The van der Waals surface area contributed by atoms with Crippen molar-refractivity contribution in [1.29, 1.82) is 0 Å². The molecule has 1 aliphatic rings. The molecule has 1 saturated heterocycles. The molecule has 12 heteroatoms. The van der Waals surface area contributed by atoms with E-state index in [9.17, 15) is 18.4 Å². The number of amides is 2. The van der Waals surface area contributed by atoms with Crippen LogP contribution in [-0.4, -0.2) is 34.9 Å². The van der Waals surface area contributed by atoms with Gasteiger partial charge in [-0.25, -0.2) is 8.78 Å². The second-order valence-corrected chi connectivity index (χ2v) is 6.78. The van der Waals surface area contributed by atoms with Crippen LogP contribution in [0.2, 0.25) is 0 Å². The average molecular weight is 499 g/mol. The summed E-state index contributed by atoms with van der Waals surface area (Å²) in [6.45, 7) is 1.33. The maximum Gasteiger partial charge on any atom is 0.228 e. The summed E-state index contributed by atoms with van der Waals surface area (Å²) in [6.07, 6.45) is 2.72. The number of rotatable bonds is 7. The monoisotopic (exact) mass is 497 g/mol. The van der Waals surface area contributed by atoms with Crippen LogP contribution in [0.3, 0.4) is 0 Å². The molecule has 1 fully saturated rings. The minimum Gasteiger partial charge on any atom is -0.350 e. The van der Waals surface area contributed by atoms with Crippen LogP contribution in [0.5, 0.6) is 0 Å². The highest BCUT2D eigenvalue weighted by Crippen LogP contribution is 2.30. The van der Waals surface area contributed by atoms with Gasteiger partial charge in [-0.15, -0.1) is 37.2 Å². The van der Waals surface area contributed by atoms with Crippen LogP contribution in [0.25, 0.3) is 0 Å². The fraction of sp³-hybridized carbons (Fsp3) is 0.368. The van der Waals surface area contributed by atoms with Crippen molar-refractivity contribution in [3.8, 4) is 0 Å². The van der Waals surface area contributed by atoms with Gasteiger partial charge >= 0.3 is 0 Å². The highest BCUT2D eigenvalue weighted by molar-refractivity contribution is 5.89. The summed E-state index contributed by atoms with van der Waals surface area (Å²) in [5.41, 5.74) is 0.197. The third-order valence-electron chi connectivity index (χ3n) is 4.70. The number of halogens is 5. The smallest absolute Gasteiger partial charge is 0.228 e. The van der Waals surface area contributed by atoms with E-state index in [1.165, 1.54) is 24.3 Å². The summed E-state index contributed by atoms with van der Waals surface area (Å²) in [6, 6.07) is 5.54. The maximum atomic E-state index is 12.9. The largest absolute Gasteiger partial charge is 0.350 e. The zero-order valence-electron chi connectivity index (χ0n) is 16.4. The third-order valence-corrected chi connectivity index (χ3v) is 4.70. The molecule has 0 aromatic carbocycles. The Morgan fingerprint density at radius 2 is 1.48 bits per heavy atom. The number of nitrogens with zero attached hydrogens (tertiary/aromatic N) is 2. The van der Waals surface area contributed by atoms with Gasteiger partial charge in [0.05, 0.1) is 42.3 Å². The molecule has 31 heavy (non-hydrogen) atoms. The van der Waals surface area contributed by atoms with Crippen LogP contribution < -0.4 is 16.0 Å². The van der Waals surface area contributed by atoms with E-state index in [1.54, 1.807) is 0 Å². The Morgan fingerprint density at radius 3 is 1.94 bits per heavy atom. The zero-order chi connectivity index (χ0) is 20.0. The second-order valence-electron chi connectivity index (χ2n) is 6.78. The van der Waals surface area contributed by atoms with Gasteiger partial charge < -0.3 is 16.0 Å². The summed E-state index contributed by atoms with van der Waals surface area (Å²) in [4.78, 5) is 33.0. The lowest BCUT2D eigenvalue weighted by Crippen LogP contribution is -2.45. The van der Waals surface area contributed by atoms with E-state index < -0.39 is 17.0 Å². The number of carbonyl (C=O) groups is 2. The third kappa shape index (κ3) is 8.17. The quantitative estimate of drug-likeness (QED) is 0.545. The SMILES string of the molecule is Cl.Cl.Cl.O=C(CC1(C(=O)NCc2ccc(F)cn2)CCNC1)NCc1ccc(F)cn1. The highest BCUT2D eigenvalue weighted by Gasteiger charge is 2.42. The number of aromatic nitrogens is 2. The summed E-state index contributed by atoms with van der Waals surface area (Å²) in [7, 11) is 0. The molecule has 172 valence electrons. The predicted octanol–water partition coefficient (Wildman–Crippen LogP) is 2.32. The van der Waals surface area contributed by atoms with Crippen molar-refractivity contribution in [2.75, 3.05) is 13.1 Å². The Bertz CT molecular complexity index is 835. The molecule has 1 aliphatic heterocycles. The van der Waals surface area contributed by atoms with Gasteiger partial charge in [0, 0.05) is 13.0 Å². The average Bonchev–Trinajstić information content (AvgIpc) is 3.16.